The summed E-state index contributed by atoms with van der Waals surface area (Å²) in [6.07, 6.45) is 0. The fraction of sp³-hybridized carbons (Fsp3) is 0.364. The Morgan fingerprint density at radius 2 is 2.00 bits per heavy atom. The van der Waals surface area contributed by atoms with Crippen LogP contribution in [0.25, 0.3) is 0 Å². The molecule has 0 unspecified atom stereocenters. The molecule has 0 saturated heterocycles. The Bertz CT molecular complexity index is 377. The molecule has 15 heavy (non-hydrogen) atoms. The molecule has 0 radical (unpaired) electrons. The molecule has 1 rings (SSSR count). The zero-order valence-corrected chi connectivity index (χ0v) is 8.73. The fourth-order valence-corrected chi connectivity index (χ4v) is 1.20. The van der Waals surface area contributed by atoms with Gasteiger partial charge in [-0.3, -0.25) is 4.79 Å². The monoisotopic (exact) mass is 213 g/mol. The molecule has 0 fully saturated rings. The number of hydrogen-bond donors (Lipinski definition) is 1. The van der Waals surface area contributed by atoms with Crippen molar-refractivity contribution in [3.63, 3.8) is 0 Å². The van der Waals surface area contributed by atoms with Crippen LogP contribution in [0.2, 0.25) is 0 Å². The van der Waals surface area contributed by atoms with Crippen LogP contribution in [0, 0.1) is 18.6 Å². The number of hydrogen-bond acceptors (Lipinski definition) is 2. The van der Waals surface area contributed by atoms with E-state index in [0.29, 0.717) is 0 Å². The van der Waals surface area contributed by atoms with Crippen LogP contribution < -0.4 is 5.32 Å². The standard InChI is InChI=1S/C11H13F2NO/c1-7-3-4-9(11(13)10(7)12)6-14-5-8(2)15/h3-4,14H,5-6H2,1-2H3. The van der Waals surface area contributed by atoms with Crippen molar-refractivity contribution in [2.45, 2.75) is 20.4 Å². The van der Waals surface area contributed by atoms with Gasteiger partial charge in [-0.25, -0.2) is 8.78 Å². The maximum atomic E-state index is 13.3. The molecule has 0 aromatic heterocycles. The second-order valence-electron chi connectivity index (χ2n) is 3.48. The highest BCUT2D eigenvalue weighted by molar-refractivity contribution is 5.77. The minimum Gasteiger partial charge on any atom is -0.306 e. The third-order valence-corrected chi connectivity index (χ3v) is 2.04. The summed E-state index contributed by atoms with van der Waals surface area (Å²) in [6.45, 7) is 3.25. The van der Waals surface area contributed by atoms with Gasteiger partial charge in [-0.2, -0.15) is 0 Å². The van der Waals surface area contributed by atoms with E-state index >= 15 is 0 Å². The van der Waals surface area contributed by atoms with E-state index in [2.05, 4.69) is 5.32 Å². The molecule has 2 nitrogen and oxygen atoms in total. The van der Waals surface area contributed by atoms with Crippen LogP contribution in [-0.2, 0) is 11.3 Å². The Labute approximate surface area is 87.3 Å². The van der Waals surface area contributed by atoms with Gasteiger partial charge in [0.1, 0.15) is 5.78 Å². The maximum Gasteiger partial charge on any atom is 0.163 e. The molecule has 1 N–H and O–H groups in total. The molecule has 4 heteroatoms. The number of ketones is 1. The smallest absolute Gasteiger partial charge is 0.163 e. The summed E-state index contributed by atoms with van der Waals surface area (Å²) in [4.78, 5) is 10.6. The number of benzene rings is 1. The van der Waals surface area contributed by atoms with Gasteiger partial charge in [-0.05, 0) is 19.4 Å². The minimum atomic E-state index is -0.842. The number of Topliss-reactive ketones (excluding diaryl/α,β-unsaturated/α-hetero) is 1. The summed E-state index contributed by atoms with van der Waals surface area (Å²) in [6, 6.07) is 3.03. The zero-order chi connectivity index (χ0) is 11.4. The van der Waals surface area contributed by atoms with E-state index in [9.17, 15) is 13.6 Å². The third-order valence-electron chi connectivity index (χ3n) is 2.04. The number of rotatable bonds is 4. The Morgan fingerprint density at radius 1 is 1.33 bits per heavy atom. The lowest BCUT2D eigenvalue weighted by Gasteiger charge is -2.06. The molecule has 0 aliphatic heterocycles. The van der Waals surface area contributed by atoms with Gasteiger partial charge in [0.15, 0.2) is 11.6 Å². The van der Waals surface area contributed by atoms with Crippen molar-refractivity contribution in [1.82, 2.24) is 5.32 Å². The van der Waals surface area contributed by atoms with Gasteiger partial charge in [0.2, 0.25) is 0 Å². The molecule has 1 aromatic rings. The first-order valence-corrected chi connectivity index (χ1v) is 4.66. The molecule has 82 valence electrons. The van der Waals surface area contributed by atoms with Crippen molar-refractivity contribution in [2.24, 2.45) is 0 Å². The van der Waals surface area contributed by atoms with Crippen LogP contribution in [0.5, 0.6) is 0 Å². The fourth-order valence-electron chi connectivity index (χ4n) is 1.20. The Morgan fingerprint density at radius 3 is 2.60 bits per heavy atom. The predicted molar refractivity (Wildman–Crippen MR) is 53.5 cm³/mol. The van der Waals surface area contributed by atoms with Crippen LogP contribution >= 0.6 is 0 Å². The number of carbonyl (C=O) groups excluding carboxylic acids is 1. The van der Waals surface area contributed by atoms with Gasteiger partial charge in [0, 0.05) is 12.1 Å². The quantitative estimate of drug-likeness (QED) is 0.828. The number of aryl methyl sites for hydroxylation is 1. The van der Waals surface area contributed by atoms with E-state index in [1.807, 2.05) is 0 Å². The van der Waals surface area contributed by atoms with Gasteiger partial charge in [0.05, 0.1) is 6.54 Å². The third kappa shape index (κ3) is 3.09. The first-order chi connectivity index (χ1) is 7.02. The minimum absolute atomic E-state index is 0.0389. The van der Waals surface area contributed by atoms with E-state index in [1.54, 1.807) is 0 Å². The van der Waals surface area contributed by atoms with Crippen molar-refractivity contribution in [2.75, 3.05) is 6.54 Å². The van der Waals surface area contributed by atoms with E-state index < -0.39 is 11.6 Å². The lowest BCUT2D eigenvalue weighted by atomic mass is 10.1. The Balaban J connectivity index is 2.70. The van der Waals surface area contributed by atoms with Gasteiger partial charge in [-0.1, -0.05) is 12.1 Å². The van der Waals surface area contributed by atoms with Gasteiger partial charge >= 0.3 is 0 Å². The molecule has 0 amide bonds. The zero-order valence-electron chi connectivity index (χ0n) is 8.73. The van der Waals surface area contributed by atoms with Crippen molar-refractivity contribution in [1.29, 1.82) is 0 Å². The van der Waals surface area contributed by atoms with Gasteiger partial charge in [-0.15, -0.1) is 0 Å². The topological polar surface area (TPSA) is 29.1 Å². The van der Waals surface area contributed by atoms with E-state index in [1.165, 1.54) is 26.0 Å². The highest BCUT2D eigenvalue weighted by Gasteiger charge is 2.10. The summed E-state index contributed by atoms with van der Waals surface area (Å²) in [7, 11) is 0. The van der Waals surface area contributed by atoms with Crippen LogP contribution in [0.4, 0.5) is 8.78 Å². The van der Waals surface area contributed by atoms with Crippen LogP contribution in [0.3, 0.4) is 0 Å². The second kappa shape index (κ2) is 4.98. The summed E-state index contributed by atoms with van der Waals surface area (Å²) in [5.41, 5.74) is 0.516. The summed E-state index contributed by atoms with van der Waals surface area (Å²) in [5, 5.41) is 2.73. The predicted octanol–water partition coefficient (Wildman–Crippen LogP) is 1.95. The molecular formula is C11H13F2NO. The first kappa shape index (κ1) is 11.8. The second-order valence-corrected chi connectivity index (χ2v) is 3.48. The van der Waals surface area contributed by atoms with E-state index in [4.69, 9.17) is 0 Å². The van der Waals surface area contributed by atoms with Crippen LogP contribution in [-0.4, -0.2) is 12.3 Å². The normalized spacial score (nSPS) is 10.4. The number of halogens is 2. The van der Waals surface area contributed by atoms with Crippen molar-refractivity contribution < 1.29 is 13.6 Å². The number of nitrogens with one attached hydrogen (secondary N) is 1. The molecule has 0 aliphatic carbocycles. The lowest BCUT2D eigenvalue weighted by Crippen LogP contribution is -2.21. The van der Waals surface area contributed by atoms with Crippen molar-refractivity contribution >= 4 is 5.78 Å². The summed E-state index contributed by atoms with van der Waals surface area (Å²) in [5.74, 6) is -1.70. The Kier molecular flexibility index (Phi) is 3.91. The molecule has 0 heterocycles. The maximum absolute atomic E-state index is 13.3. The number of carbonyl (C=O) groups is 1. The average Bonchev–Trinajstić information content (AvgIpc) is 2.18. The van der Waals surface area contributed by atoms with E-state index in [-0.39, 0.29) is 30.0 Å². The van der Waals surface area contributed by atoms with Crippen molar-refractivity contribution in [3.05, 3.63) is 34.9 Å². The molecule has 0 atom stereocenters. The van der Waals surface area contributed by atoms with Crippen LogP contribution in [0.1, 0.15) is 18.1 Å². The largest absolute Gasteiger partial charge is 0.306 e. The SMILES string of the molecule is CC(=O)CNCc1ccc(C)c(F)c1F. The van der Waals surface area contributed by atoms with Crippen molar-refractivity contribution in [3.8, 4) is 0 Å². The summed E-state index contributed by atoms with van der Waals surface area (Å²) < 4.78 is 26.4. The van der Waals surface area contributed by atoms with Gasteiger partial charge < -0.3 is 5.32 Å². The van der Waals surface area contributed by atoms with Crippen LogP contribution in [0.15, 0.2) is 12.1 Å². The van der Waals surface area contributed by atoms with E-state index in [0.717, 1.165) is 0 Å². The molecule has 0 spiro atoms. The molecular weight excluding hydrogens is 200 g/mol. The highest BCUT2D eigenvalue weighted by Crippen LogP contribution is 2.15. The molecule has 1 aromatic carbocycles. The molecule has 0 bridgehead atoms. The average molecular weight is 213 g/mol. The molecule has 0 saturated carbocycles. The first-order valence-electron chi connectivity index (χ1n) is 4.66. The highest BCUT2D eigenvalue weighted by atomic mass is 19.2. The molecule has 0 aliphatic rings. The Hall–Kier alpha value is -1.29. The van der Waals surface area contributed by atoms with Gasteiger partial charge in [0.25, 0.3) is 0 Å². The summed E-state index contributed by atoms with van der Waals surface area (Å²) >= 11 is 0. The lowest BCUT2D eigenvalue weighted by molar-refractivity contribution is -0.116.